The minimum atomic E-state index is -3.97. The predicted molar refractivity (Wildman–Crippen MR) is 124 cm³/mol. The quantitative estimate of drug-likeness (QED) is 0.553. The van der Waals surface area contributed by atoms with Gasteiger partial charge < -0.3 is 5.32 Å². The minimum Gasteiger partial charge on any atom is -0.325 e. The highest BCUT2D eigenvalue weighted by Crippen LogP contribution is 2.26. The molecule has 0 aliphatic rings. The second-order valence-electron chi connectivity index (χ2n) is 8.04. The van der Waals surface area contributed by atoms with Crippen molar-refractivity contribution in [1.29, 1.82) is 0 Å². The van der Waals surface area contributed by atoms with Crippen LogP contribution in [0.25, 0.3) is 0 Å². The Balaban J connectivity index is 1.95. The molecule has 3 rings (SSSR count). The molecule has 0 radical (unpaired) electrons. The fraction of sp³-hybridized carbons (Fsp3) is 0.240. The van der Waals surface area contributed by atoms with Gasteiger partial charge in [-0.05, 0) is 68.7 Å². The molecule has 0 aliphatic carbocycles. The molecule has 0 heterocycles. The summed E-state index contributed by atoms with van der Waals surface area (Å²) in [7, 11) is -3.97. The van der Waals surface area contributed by atoms with Crippen molar-refractivity contribution in [2.24, 2.45) is 0 Å². The zero-order chi connectivity index (χ0) is 23.5. The van der Waals surface area contributed by atoms with Crippen molar-refractivity contribution in [3.63, 3.8) is 0 Å². The van der Waals surface area contributed by atoms with Crippen LogP contribution in [0.15, 0.2) is 65.6 Å². The molecule has 1 amide bonds. The van der Waals surface area contributed by atoms with Gasteiger partial charge in [-0.1, -0.05) is 47.5 Å². The first-order chi connectivity index (χ1) is 15.1. The second kappa shape index (κ2) is 9.63. The molecule has 32 heavy (non-hydrogen) atoms. The SMILES string of the molecule is Cc1ccc(CN(CC(=O)Nc2ccc(F)cc2)S(=O)(=O)c2c(C)cc(C)cc2C)cc1. The molecule has 7 heteroatoms. The first-order valence-electron chi connectivity index (χ1n) is 10.3. The number of rotatable bonds is 7. The predicted octanol–water partition coefficient (Wildman–Crippen LogP) is 4.89. The molecule has 0 aromatic heterocycles. The number of hydrogen-bond acceptors (Lipinski definition) is 3. The van der Waals surface area contributed by atoms with Gasteiger partial charge in [-0.2, -0.15) is 4.31 Å². The van der Waals surface area contributed by atoms with Crippen LogP contribution in [0.5, 0.6) is 0 Å². The molecule has 0 saturated carbocycles. The van der Waals surface area contributed by atoms with Gasteiger partial charge in [0.2, 0.25) is 15.9 Å². The van der Waals surface area contributed by atoms with Gasteiger partial charge in [0.1, 0.15) is 5.82 Å². The van der Waals surface area contributed by atoms with Crippen LogP contribution in [0.2, 0.25) is 0 Å². The lowest BCUT2D eigenvalue weighted by molar-refractivity contribution is -0.116. The Morgan fingerprint density at radius 1 is 0.875 bits per heavy atom. The Bertz CT molecular complexity index is 1200. The normalized spacial score (nSPS) is 11.6. The molecule has 3 aromatic carbocycles. The summed E-state index contributed by atoms with van der Waals surface area (Å²) in [6.45, 7) is 7.06. The van der Waals surface area contributed by atoms with Gasteiger partial charge in [-0.3, -0.25) is 4.79 Å². The van der Waals surface area contributed by atoms with Gasteiger partial charge in [0.25, 0.3) is 0 Å². The molecule has 3 aromatic rings. The van der Waals surface area contributed by atoms with Crippen molar-refractivity contribution in [3.8, 4) is 0 Å². The lowest BCUT2D eigenvalue weighted by atomic mass is 10.1. The number of sulfonamides is 1. The van der Waals surface area contributed by atoms with Gasteiger partial charge in [-0.25, -0.2) is 12.8 Å². The highest BCUT2D eigenvalue weighted by molar-refractivity contribution is 7.89. The van der Waals surface area contributed by atoms with Crippen LogP contribution in [-0.4, -0.2) is 25.2 Å². The first-order valence-corrected chi connectivity index (χ1v) is 11.7. The Hall–Kier alpha value is -3.03. The monoisotopic (exact) mass is 454 g/mol. The topological polar surface area (TPSA) is 66.5 Å². The number of benzene rings is 3. The summed E-state index contributed by atoms with van der Waals surface area (Å²) in [4.78, 5) is 13.0. The van der Waals surface area contributed by atoms with Crippen molar-refractivity contribution >= 4 is 21.6 Å². The van der Waals surface area contributed by atoms with Crippen molar-refractivity contribution in [3.05, 3.63) is 94.3 Å². The van der Waals surface area contributed by atoms with E-state index in [1.165, 1.54) is 28.6 Å². The summed E-state index contributed by atoms with van der Waals surface area (Å²) in [5.74, 6) is -0.924. The molecule has 1 N–H and O–H groups in total. The zero-order valence-electron chi connectivity index (χ0n) is 18.6. The maximum absolute atomic E-state index is 13.7. The number of hydrogen-bond donors (Lipinski definition) is 1. The highest BCUT2D eigenvalue weighted by Gasteiger charge is 2.30. The standard InChI is InChI=1S/C25H27FN2O3S/c1-17-5-7-21(8-6-17)15-28(16-24(29)27-23-11-9-22(26)10-12-23)32(30,31)25-19(3)13-18(2)14-20(25)4/h5-14H,15-16H2,1-4H3,(H,27,29). The highest BCUT2D eigenvalue weighted by atomic mass is 32.2. The van der Waals surface area contributed by atoms with E-state index in [0.29, 0.717) is 16.8 Å². The third kappa shape index (κ3) is 5.60. The maximum Gasteiger partial charge on any atom is 0.244 e. The number of nitrogens with zero attached hydrogens (tertiary/aromatic N) is 1. The average molecular weight is 455 g/mol. The van der Waals surface area contributed by atoms with Crippen molar-refractivity contribution in [1.82, 2.24) is 4.31 Å². The number of nitrogens with one attached hydrogen (secondary N) is 1. The Labute approximate surface area is 188 Å². The summed E-state index contributed by atoms with van der Waals surface area (Å²) < 4.78 is 41.7. The first kappa shape index (κ1) is 23.6. The largest absolute Gasteiger partial charge is 0.325 e. The van der Waals surface area contributed by atoms with Crippen LogP contribution in [-0.2, 0) is 21.4 Å². The van der Waals surface area contributed by atoms with Crippen molar-refractivity contribution in [2.75, 3.05) is 11.9 Å². The van der Waals surface area contributed by atoms with E-state index >= 15 is 0 Å². The van der Waals surface area contributed by atoms with E-state index in [0.717, 1.165) is 16.7 Å². The zero-order valence-corrected chi connectivity index (χ0v) is 19.5. The molecule has 0 spiro atoms. The van der Waals surface area contributed by atoms with E-state index in [1.54, 1.807) is 13.8 Å². The van der Waals surface area contributed by atoms with Crippen molar-refractivity contribution in [2.45, 2.75) is 39.1 Å². The fourth-order valence-electron chi connectivity index (χ4n) is 3.72. The Morgan fingerprint density at radius 3 is 2.00 bits per heavy atom. The number of halogens is 1. The molecule has 168 valence electrons. The average Bonchev–Trinajstić information content (AvgIpc) is 2.70. The van der Waals surface area contributed by atoms with Crippen LogP contribution in [0.1, 0.15) is 27.8 Å². The van der Waals surface area contributed by atoms with Crippen LogP contribution >= 0.6 is 0 Å². The molecule has 0 fully saturated rings. The summed E-state index contributed by atoms with van der Waals surface area (Å²) in [5, 5.41) is 2.64. The minimum absolute atomic E-state index is 0.0478. The summed E-state index contributed by atoms with van der Waals surface area (Å²) in [5.41, 5.74) is 4.47. The van der Waals surface area contributed by atoms with E-state index in [2.05, 4.69) is 5.32 Å². The van der Waals surface area contributed by atoms with E-state index in [4.69, 9.17) is 0 Å². The van der Waals surface area contributed by atoms with E-state index < -0.39 is 21.7 Å². The van der Waals surface area contributed by atoms with Gasteiger partial charge in [-0.15, -0.1) is 0 Å². The van der Waals surface area contributed by atoms with Gasteiger partial charge in [0.15, 0.2) is 0 Å². The maximum atomic E-state index is 13.7. The van der Waals surface area contributed by atoms with Gasteiger partial charge in [0.05, 0.1) is 11.4 Å². The molecular weight excluding hydrogens is 427 g/mol. The fourth-order valence-corrected chi connectivity index (χ4v) is 5.52. The lowest BCUT2D eigenvalue weighted by Gasteiger charge is -2.24. The molecule has 0 aliphatic heterocycles. The van der Waals surface area contributed by atoms with E-state index in [-0.39, 0.29) is 18.0 Å². The summed E-state index contributed by atoms with van der Waals surface area (Å²) in [6.07, 6.45) is 0. The number of carbonyl (C=O) groups excluding carboxylic acids is 1. The van der Waals surface area contributed by atoms with Crippen LogP contribution in [0.3, 0.4) is 0 Å². The molecule has 0 unspecified atom stereocenters. The smallest absolute Gasteiger partial charge is 0.244 e. The molecule has 0 saturated heterocycles. The van der Waals surface area contributed by atoms with E-state index in [9.17, 15) is 17.6 Å². The summed E-state index contributed by atoms with van der Waals surface area (Å²) >= 11 is 0. The molecule has 0 bridgehead atoms. The number of anilines is 1. The third-order valence-corrected chi connectivity index (χ3v) is 7.23. The van der Waals surface area contributed by atoms with Gasteiger partial charge in [0, 0.05) is 12.2 Å². The molecule has 5 nitrogen and oxygen atoms in total. The van der Waals surface area contributed by atoms with Gasteiger partial charge >= 0.3 is 0 Å². The second-order valence-corrected chi connectivity index (χ2v) is 9.92. The molecule has 0 atom stereocenters. The number of carbonyl (C=O) groups is 1. The van der Waals surface area contributed by atoms with Crippen LogP contribution in [0, 0.1) is 33.5 Å². The number of amides is 1. The number of aryl methyl sites for hydroxylation is 4. The Morgan fingerprint density at radius 2 is 1.44 bits per heavy atom. The third-order valence-electron chi connectivity index (χ3n) is 5.13. The Kier molecular flexibility index (Phi) is 7.11. The van der Waals surface area contributed by atoms with Crippen LogP contribution < -0.4 is 5.32 Å². The van der Waals surface area contributed by atoms with Crippen LogP contribution in [0.4, 0.5) is 10.1 Å². The lowest BCUT2D eigenvalue weighted by Crippen LogP contribution is -2.38. The summed E-state index contributed by atoms with van der Waals surface area (Å²) in [6, 6.07) is 16.5. The van der Waals surface area contributed by atoms with E-state index in [1.807, 2.05) is 50.2 Å². The molecular formula is C25H27FN2O3S. The van der Waals surface area contributed by atoms with Crippen molar-refractivity contribution < 1.29 is 17.6 Å².